The van der Waals surface area contributed by atoms with Gasteiger partial charge in [0.2, 0.25) is 5.91 Å². The van der Waals surface area contributed by atoms with Crippen LogP contribution >= 0.6 is 0 Å². The molecular weight excluding hydrogens is 262 g/mol. The Kier molecular flexibility index (Phi) is 4.27. The fraction of sp³-hybridized carbons (Fsp3) is 0.643. The van der Waals surface area contributed by atoms with E-state index in [-0.39, 0.29) is 6.42 Å². The maximum absolute atomic E-state index is 12.4. The number of rotatable bonds is 2. The van der Waals surface area contributed by atoms with Gasteiger partial charge < -0.3 is 9.47 Å². The zero-order chi connectivity index (χ0) is 15.7. The van der Waals surface area contributed by atoms with Crippen molar-refractivity contribution < 1.29 is 23.9 Å². The van der Waals surface area contributed by atoms with Crippen LogP contribution in [0, 0.1) is 5.41 Å². The van der Waals surface area contributed by atoms with Gasteiger partial charge in [0.15, 0.2) is 0 Å². The smallest absolute Gasteiger partial charge is 0.417 e. The Morgan fingerprint density at radius 1 is 1.45 bits per heavy atom. The molecule has 2 atom stereocenters. The number of amides is 2. The lowest BCUT2D eigenvalue weighted by Gasteiger charge is -2.26. The van der Waals surface area contributed by atoms with E-state index >= 15 is 0 Å². The van der Waals surface area contributed by atoms with Crippen molar-refractivity contribution in [2.24, 2.45) is 5.41 Å². The van der Waals surface area contributed by atoms with Crippen LogP contribution < -0.4 is 0 Å². The first-order valence-electron chi connectivity index (χ1n) is 6.34. The second-order valence-electron chi connectivity index (χ2n) is 6.02. The number of nitrogens with zero attached hydrogens (tertiary/aromatic N) is 1. The molecule has 0 aliphatic carbocycles. The first-order chi connectivity index (χ1) is 9.05. The lowest BCUT2D eigenvalue weighted by atomic mass is 9.87. The summed E-state index contributed by atoms with van der Waals surface area (Å²) < 4.78 is 9.83. The predicted molar refractivity (Wildman–Crippen MR) is 71.8 cm³/mol. The molecule has 0 radical (unpaired) electrons. The first-order valence-corrected chi connectivity index (χ1v) is 6.34. The Bertz CT molecular complexity index is 451. The van der Waals surface area contributed by atoms with Crippen LogP contribution in [0.2, 0.25) is 0 Å². The number of esters is 1. The molecular formula is C14H21NO5. The fourth-order valence-corrected chi connectivity index (χ4v) is 2.01. The monoisotopic (exact) mass is 283 g/mol. The highest BCUT2D eigenvalue weighted by Crippen LogP contribution is 2.38. The molecule has 1 aliphatic rings. The Balaban J connectivity index is 3.11. The molecule has 6 heteroatoms. The average molecular weight is 283 g/mol. The van der Waals surface area contributed by atoms with Crippen LogP contribution in [0.25, 0.3) is 0 Å². The first kappa shape index (κ1) is 16.2. The molecule has 1 rings (SSSR count). The molecule has 0 spiro atoms. The van der Waals surface area contributed by atoms with E-state index in [0.29, 0.717) is 0 Å². The number of hydrogen-bond donors (Lipinski definition) is 0. The van der Waals surface area contributed by atoms with Gasteiger partial charge in [-0.2, -0.15) is 0 Å². The third-order valence-corrected chi connectivity index (χ3v) is 3.15. The normalized spacial score (nSPS) is 26.4. The van der Waals surface area contributed by atoms with Gasteiger partial charge in [-0.05, 0) is 34.1 Å². The molecule has 0 aromatic rings. The molecule has 1 fully saturated rings. The maximum atomic E-state index is 12.4. The van der Waals surface area contributed by atoms with E-state index in [2.05, 4.69) is 11.3 Å². The van der Waals surface area contributed by atoms with E-state index in [1.165, 1.54) is 13.2 Å². The van der Waals surface area contributed by atoms with Gasteiger partial charge in [0, 0.05) is 0 Å². The molecule has 0 aromatic heterocycles. The van der Waals surface area contributed by atoms with Crippen LogP contribution in [-0.4, -0.2) is 41.6 Å². The Morgan fingerprint density at radius 3 is 2.40 bits per heavy atom. The quantitative estimate of drug-likeness (QED) is 0.571. The molecule has 0 bridgehead atoms. The van der Waals surface area contributed by atoms with Crippen molar-refractivity contribution in [2.45, 2.75) is 45.8 Å². The summed E-state index contributed by atoms with van der Waals surface area (Å²) in [6, 6.07) is -0.981. The third-order valence-electron chi connectivity index (χ3n) is 3.15. The van der Waals surface area contributed by atoms with Gasteiger partial charge in [0.25, 0.3) is 0 Å². The highest BCUT2D eigenvalue weighted by atomic mass is 16.6. The van der Waals surface area contributed by atoms with Crippen molar-refractivity contribution in [2.75, 3.05) is 7.11 Å². The summed E-state index contributed by atoms with van der Waals surface area (Å²) in [5, 5.41) is 0. The summed E-state index contributed by atoms with van der Waals surface area (Å²) in [6.45, 7) is 10.3. The standard InChI is InChI=1S/C14H21NO5/c1-7-14(5)8-9(10(16)19-6)15(11(14)17)12(18)20-13(2,3)4/h7,9H,1,8H2,2-6H3/t9-,14-/m0/s1. The maximum Gasteiger partial charge on any atom is 0.417 e. The zero-order valence-electron chi connectivity index (χ0n) is 12.6. The summed E-state index contributed by atoms with van der Waals surface area (Å²) in [5.74, 6) is -1.15. The van der Waals surface area contributed by atoms with Gasteiger partial charge in [-0.3, -0.25) is 4.79 Å². The number of methoxy groups -OCH3 is 1. The van der Waals surface area contributed by atoms with Crippen molar-refractivity contribution in [1.29, 1.82) is 0 Å². The zero-order valence-corrected chi connectivity index (χ0v) is 12.6. The number of likely N-dealkylation sites (tertiary alicyclic amines) is 1. The van der Waals surface area contributed by atoms with Crippen molar-refractivity contribution in [3.63, 3.8) is 0 Å². The van der Waals surface area contributed by atoms with Crippen LogP contribution in [0.4, 0.5) is 4.79 Å². The van der Waals surface area contributed by atoms with Crippen LogP contribution in [0.1, 0.15) is 34.1 Å². The largest absolute Gasteiger partial charge is 0.467 e. The van der Waals surface area contributed by atoms with Gasteiger partial charge in [-0.1, -0.05) is 6.08 Å². The van der Waals surface area contributed by atoms with Crippen LogP contribution in [0.5, 0.6) is 0 Å². The number of hydrogen-bond acceptors (Lipinski definition) is 5. The SMILES string of the molecule is C=C[C@@]1(C)C[C@@H](C(=O)OC)N(C(=O)OC(C)(C)C)C1=O. The summed E-state index contributed by atoms with van der Waals surface area (Å²) in [4.78, 5) is 37.1. The lowest BCUT2D eigenvalue weighted by Crippen LogP contribution is -2.46. The van der Waals surface area contributed by atoms with E-state index in [1.54, 1.807) is 27.7 Å². The van der Waals surface area contributed by atoms with Gasteiger partial charge in [0.1, 0.15) is 11.6 Å². The second kappa shape index (κ2) is 5.26. The number of carbonyl (C=O) groups excluding carboxylic acids is 3. The highest BCUT2D eigenvalue weighted by molar-refractivity contribution is 6.03. The molecule has 1 saturated heterocycles. The molecule has 0 N–H and O–H groups in total. The van der Waals surface area contributed by atoms with Crippen LogP contribution in [0.15, 0.2) is 12.7 Å². The van der Waals surface area contributed by atoms with E-state index in [9.17, 15) is 14.4 Å². The molecule has 0 unspecified atom stereocenters. The summed E-state index contributed by atoms with van der Waals surface area (Å²) >= 11 is 0. The molecule has 0 aromatic carbocycles. The molecule has 0 saturated carbocycles. The van der Waals surface area contributed by atoms with Crippen LogP contribution in [0.3, 0.4) is 0 Å². The molecule has 1 heterocycles. The molecule has 2 amide bonds. The highest BCUT2D eigenvalue weighted by Gasteiger charge is 2.53. The van der Waals surface area contributed by atoms with Crippen molar-refractivity contribution >= 4 is 18.0 Å². The fourth-order valence-electron chi connectivity index (χ4n) is 2.01. The average Bonchev–Trinajstić information content (AvgIpc) is 2.60. The summed E-state index contributed by atoms with van der Waals surface area (Å²) in [7, 11) is 1.21. The number of ether oxygens (including phenoxy) is 2. The van der Waals surface area contributed by atoms with E-state index in [4.69, 9.17) is 4.74 Å². The van der Waals surface area contributed by atoms with Crippen molar-refractivity contribution in [3.8, 4) is 0 Å². The van der Waals surface area contributed by atoms with Gasteiger partial charge in [-0.15, -0.1) is 6.58 Å². The minimum absolute atomic E-state index is 0.140. The third kappa shape index (κ3) is 3.00. The van der Waals surface area contributed by atoms with Crippen molar-refractivity contribution in [3.05, 3.63) is 12.7 Å². The van der Waals surface area contributed by atoms with E-state index < -0.39 is 35.0 Å². The Morgan fingerprint density at radius 2 is 2.00 bits per heavy atom. The number of carbonyl (C=O) groups is 3. The second-order valence-corrected chi connectivity index (χ2v) is 6.02. The van der Waals surface area contributed by atoms with E-state index in [0.717, 1.165) is 4.90 Å². The topological polar surface area (TPSA) is 72.9 Å². The predicted octanol–water partition coefficient (Wildman–Crippen LogP) is 1.89. The minimum atomic E-state index is -0.981. The van der Waals surface area contributed by atoms with Gasteiger partial charge in [0.05, 0.1) is 12.5 Å². The lowest BCUT2D eigenvalue weighted by molar-refractivity contribution is -0.149. The summed E-state index contributed by atoms with van der Waals surface area (Å²) in [6.07, 6.45) is 0.736. The van der Waals surface area contributed by atoms with Gasteiger partial charge in [-0.25, -0.2) is 14.5 Å². The van der Waals surface area contributed by atoms with Crippen LogP contribution in [-0.2, 0) is 19.1 Å². The Labute approximate surface area is 118 Å². The Hall–Kier alpha value is -1.85. The molecule has 112 valence electrons. The summed E-state index contributed by atoms with van der Waals surface area (Å²) in [5.41, 5.74) is -1.74. The minimum Gasteiger partial charge on any atom is -0.467 e. The van der Waals surface area contributed by atoms with Gasteiger partial charge >= 0.3 is 12.1 Å². The number of imide groups is 1. The molecule has 6 nitrogen and oxygen atoms in total. The van der Waals surface area contributed by atoms with E-state index in [1.807, 2.05) is 0 Å². The molecule has 1 aliphatic heterocycles. The molecule has 20 heavy (non-hydrogen) atoms. The van der Waals surface area contributed by atoms with Crippen molar-refractivity contribution in [1.82, 2.24) is 4.90 Å².